The molecule has 1 heterocycles. The first-order chi connectivity index (χ1) is 9.85. The molecule has 1 aromatic heterocycles. The Bertz CT molecular complexity index is 559. The van der Waals surface area contributed by atoms with Gasteiger partial charge in [0.25, 0.3) is 5.91 Å². The first-order valence-electron chi connectivity index (χ1n) is 6.26. The molecular weight excluding hydrogens is 278 g/mol. The third kappa shape index (κ3) is 4.83. The maximum absolute atomic E-state index is 12.1. The molecule has 1 rings (SSSR count). The maximum atomic E-state index is 12.1. The number of aryl methyl sites for hydroxylation is 2. The van der Waals surface area contributed by atoms with Gasteiger partial charge in [0.05, 0.1) is 24.1 Å². The van der Waals surface area contributed by atoms with Crippen molar-refractivity contribution in [3.05, 3.63) is 23.0 Å². The van der Waals surface area contributed by atoms with E-state index in [0.29, 0.717) is 11.4 Å². The monoisotopic (exact) mass is 295 g/mol. The molecular formula is C13H17N3O5. The van der Waals surface area contributed by atoms with Gasteiger partial charge in [-0.3, -0.25) is 9.59 Å². The fourth-order valence-corrected chi connectivity index (χ4v) is 1.64. The second-order valence-corrected chi connectivity index (χ2v) is 4.46. The smallest absolute Gasteiger partial charge is 0.326 e. The molecule has 0 saturated heterocycles. The Morgan fingerprint density at radius 2 is 2.00 bits per heavy atom. The molecule has 0 unspecified atom stereocenters. The van der Waals surface area contributed by atoms with Crippen LogP contribution in [0.5, 0.6) is 0 Å². The molecule has 0 spiro atoms. The summed E-state index contributed by atoms with van der Waals surface area (Å²) in [5, 5.41) is 19.1. The van der Waals surface area contributed by atoms with Crippen molar-refractivity contribution < 1.29 is 24.2 Å². The summed E-state index contributed by atoms with van der Waals surface area (Å²) in [5.41, 5.74) is 1.20. The predicted octanol–water partition coefficient (Wildman–Crippen LogP) is 0.230. The molecule has 1 atom stereocenters. The van der Waals surface area contributed by atoms with Crippen LogP contribution in [0.1, 0.15) is 34.6 Å². The zero-order valence-corrected chi connectivity index (χ0v) is 12.0. The molecule has 8 heteroatoms. The second kappa shape index (κ2) is 7.32. The van der Waals surface area contributed by atoms with Crippen LogP contribution in [0.2, 0.25) is 0 Å². The maximum Gasteiger partial charge on any atom is 0.326 e. The van der Waals surface area contributed by atoms with Gasteiger partial charge in [-0.2, -0.15) is 10.2 Å². The normalized spacial score (nSPS) is 11.6. The molecule has 2 N–H and O–H groups in total. The fourth-order valence-electron chi connectivity index (χ4n) is 1.64. The van der Waals surface area contributed by atoms with Crippen molar-refractivity contribution in [2.75, 3.05) is 7.11 Å². The Balaban J connectivity index is 2.79. The molecule has 21 heavy (non-hydrogen) atoms. The minimum atomic E-state index is -1.22. The van der Waals surface area contributed by atoms with Crippen LogP contribution in [0.3, 0.4) is 0 Å². The number of aliphatic carboxylic acids is 1. The number of ether oxygens (including phenoxy) is 1. The lowest BCUT2D eigenvalue weighted by atomic mass is 10.1. The molecule has 8 nitrogen and oxygen atoms in total. The largest absolute Gasteiger partial charge is 0.480 e. The van der Waals surface area contributed by atoms with Gasteiger partial charge in [-0.05, 0) is 26.3 Å². The number of amides is 1. The molecule has 0 radical (unpaired) electrons. The number of nitrogens with one attached hydrogen (secondary N) is 1. The number of carboxylic acid groups (broad SMARTS) is 1. The third-order valence-corrected chi connectivity index (χ3v) is 2.81. The van der Waals surface area contributed by atoms with Gasteiger partial charge in [-0.15, -0.1) is 0 Å². The first kappa shape index (κ1) is 16.5. The van der Waals surface area contributed by atoms with E-state index >= 15 is 0 Å². The number of esters is 1. The summed E-state index contributed by atoms with van der Waals surface area (Å²) in [7, 11) is 1.21. The van der Waals surface area contributed by atoms with Gasteiger partial charge in [-0.1, -0.05) is 0 Å². The van der Waals surface area contributed by atoms with Crippen molar-refractivity contribution in [1.29, 1.82) is 0 Å². The quantitative estimate of drug-likeness (QED) is 0.721. The minimum absolute atomic E-state index is 0.0513. The Kier molecular flexibility index (Phi) is 5.77. The molecule has 1 amide bonds. The molecule has 0 aromatic carbocycles. The Hall–Kier alpha value is -2.51. The summed E-state index contributed by atoms with van der Waals surface area (Å²) in [5.74, 6) is -2.32. The highest BCUT2D eigenvalue weighted by Crippen LogP contribution is 2.07. The molecule has 0 fully saturated rings. The Morgan fingerprint density at radius 3 is 2.57 bits per heavy atom. The predicted molar refractivity (Wildman–Crippen MR) is 71.6 cm³/mol. The average Bonchev–Trinajstić information content (AvgIpc) is 2.44. The number of carbonyl (C=O) groups is 3. The van der Waals surface area contributed by atoms with Crippen molar-refractivity contribution in [3.63, 3.8) is 0 Å². The van der Waals surface area contributed by atoms with Crippen LogP contribution in [0, 0.1) is 13.8 Å². The van der Waals surface area contributed by atoms with Crippen molar-refractivity contribution >= 4 is 17.8 Å². The molecule has 0 saturated carbocycles. The zero-order chi connectivity index (χ0) is 16.0. The summed E-state index contributed by atoms with van der Waals surface area (Å²) in [4.78, 5) is 34.3. The van der Waals surface area contributed by atoms with Crippen LogP contribution in [0.25, 0.3) is 0 Å². The zero-order valence-electron chi connectivity index (χ0n) is 12.0. The van der Waals surface area contributed by atoms with Crippen molar-refractivity contribution in [1.82, 2.24) is 15.5 Å². The lowest BCUT2D eigenvalue weighted by Crippen LogP contribution is -2.41. The number of carboxylic acids is 1. The lowest BCUT2D eigenvalue weighted by molar-refractivity contribution is -0.142. The summed E-state index contributed by atoms with van der Waals surface area (Å²) in [6, 6.07) is 0.348. The van der Waals surface area contributed by atoms with E-state index in [1.807, 2.05) is 0 Å². The number of hydrogen-bond donors (Lipinski definition) is 2. The van der Waals surface area contributed by atoms with Crippen LogP contribution in [-0.4, -0.2) is 46.3 Å². The highest BCUT2D eigenvalue weighted by Gasteiger charge is 2.23. The van der Waals surface area contributed by atoms with Gasteiger partial charge in [0.2, 0.25) is 0 Å². The summed E-state index contributed by atoms with van der Waals surface area (Å²) >= 11 is 0. The van der Waals surface area contributed by atoms with Crippen molar-refractivity contribution in [2.24, 2.45) is 0 Å². The summed E-state index contributed by atoms with van der Waals surface area (Å²) < 4.78 is 4.44. The number of methoxy groups -OCH3 is 1. The number of rotatable bonds is 6. The van der Waals surface area contributed by atoms with Crippen LogP contribution in [-0.2, 0) is 14.3 Å². The first-order valence-corrected chi connectivity index (χ1v) is 6.26. The average molecular weight is 295 g/mol. The van der Waals surface area contributed by atoms with Gasteiger partial charge in [0.15, 0.2) is 0 Å². The van der Waals surface area contributed by atoms with Crippen LogP contribution >= 0.6 is 0 Å². The van der Waals surface area contributed by atoms with Gasteiger partial charge >= 0.3 is 11.9 Å². The van der Waals surface area contributed by atoms with E-state index in [1.54, 1.807) is 13.8 Å². The number of aromatic nitrogens is 2. The van der Waals surface area contributed by atoms with E-state index in [-0.39, 0.29) is 18.4 Å². The summed E-state index contributed by atoms with van der Waals surface area (Å²) in [6.07, 6.45) is -0.148. The molecule has 0 aliphatic carbocycles. The van der Waals surface area contributed by atoms with Crippen molar-refractivity contribution in [3.8, 4) is 0 Å². The van der Waals surface area contributed by atoms with Gasteiger partial charge in [-0.25, -0.2) is 4.79 Å². The van der Waals surface area contributed by atoms with Gasteiger partial charge < -0.3 is 15.2 Å². The Labute approximate surface area is 121 Å². The van der Waals surface area contributed by atoms with E-state index in [1.165, 1.54) is 13.2 Å². The number of nitrogens with zero attached hydrogens (tertiary/aromatic N) is 2. The number of carbonyl (C=O) groups excluding carboxylic acids is 2. The van der Waals surface area contributed by atoms with Crippen LogP contribution in [0.4, 0.5) is 0 Å². The molecule has 0 aliphatic rings. The standard InChI is InChI=1S/C13H17N3O5/c1-7-6-9(8(2)16-15-7)12(18)14-10(13(19)20)4-5-11(17)21-3/h6,10H,4-5H2,1-3H3,(H,14,18)(H,19,20)/t10-/m0/s1. The van der Waals surface area contributed by atoms with E-state index in [4.69, 9.17) is 5.11 Å². The van der Waals surface area contributed by atoms with Gasteiger partial charge in [0.1, 0.15) is 6.04 Å². The molecule has 0 aliphatic heterocycles. The minimum Gasteiger partial charge on any atom is -0.480 e. The van der Waals surface area contributed by atoms with E-state index in [0.717, 1.165) is 0 Å². The van der Waals surface area contributed by atoms with Crippen LogP contribution in [0.15, 0.2) is 6.07 Å². The van der Waals surface area contributed by atoms with E-state index in [9.17, 15) is 14.4 Å². The fraction of sp³-hybridized carbons (Fsp3) is 0.462. The lowest BCUT2D eigenvalue weighted by Gasteiger charge is -2.14. The summed E-state index contributed by atoms with van der Waals surface area (Å²) in [6.45, 7) is 3.28. The van der Waals surface area contributed by atoms with E-state index in [2.05, 4.69) is 20.3 Å². The van der Waals surface area contributed by atoms with E-state index < -0.39 is 23.9 Å². The third-order valence-electron chi connectivity index (χ3n) is 2.81. The molecule has 1 aromatic rings. The second-order valence-electron chi connectivity index (χ2n) is 4.46. The SMILES string of the molecule is COC(=O)CC[C@H](NC(=O)c1cc(C)nnc1C)C(=O)O. The number of hydrogen-bond acceptors (Lipinski definition) is 6. The highest BCUT2D eigenvalue weighted by molar-refractivity contribution is 5.97. The topological polar surface area (TPSA) is 118 Å². The molecule has 0 bridgehead atoms. The Morgan fingerprint density at radius 1 is 1.33 bits per heavy atom. The molecule has 114 valence electrons. The van der Waals surface area contributed by atoms with Crippen molar-refractivity contribution in [2.45, 2.75) is 32.7 Å². The highest BCUT2D eigenvalue weighted by atomic mass is 16.5. The van der Waals surface area contributed by atoms with Gasteiger partial charge in [0, 0.05) is 6.42 Å². The van der Waals surface area contributed by atoms with Crippen LogP contribution < -0.4 is 5.32 Å².